The van der Waals surface area contributed by atoms with Crippen LogP contribution in [0.15, 0.2) is 46.0 Å². The minimum absolute atomic E-state index is 0.0333. The number of oxazole rings is 1. The van der Waals surface area contributed by atoms with Gasteiger partial charge in [-0.05, 0) is 38.0 Å². The van der Waals surface area contributed by atoms with Gasteiger partial charge in [0.15, 0.2) is 12.1 Å². The van der Waals surface area contributed by atoms with Crippen LogP contribution in [0.25, 0.3) is 0 Å². The van der Waals surface area contributed by atoms with E-state index in [0.29, 0.717) is 29.4 Å². The smallest absolute Gasteiger partial charge is 0.276 e. The van der Waals surface area contributed by atoms with E-state index in [2.05, 4.69) is 10.3 Å². The predicted octanol–water partition coefficient (Wildman–Crippen LogP) is 3.54. The lowest BCUT2D eigenvalue weighted by Crippen LogP contribution is -2.30. The van der Waals surface area contributed by atoms with Crippen molar-refractivity contribution in [3.63, 3.8) is 0 Å². The zero-order chi connectivity index (χ0) is 18.8. The molecule has 1 N–H and O–H groups in total. The largest absolute Gasteiger partial charge is 0.472 e. The Morgan fingerprint density at radius 3 is 3.00 bits per heavy atom. The number of nitrogens with one attached hydrogen (secondary N) is 1. The van der Waals surface area contributed by atoms with Gasteiger partial charge in [-0.25, -0.2) is 4.98 Å². The van der Waals surface area contributed by atoms with Crippen LogP contribution < -0.4 is 5.32 Å². The van der Waals surface area contributed by atoms with E-state index in [1.165, 1.54) is 17.7 Å². The van der Waals surface area contributed by atoms with E-state index in [1.54, 1.807) is 19.5 Å². The van der Waals surface area contributed by atoms with Gasteiger partial charge >= 0.3 is 0 Å². The molecular weight excluding hydrogens is 366 g/mol. The van der Waals surface area contributed by atoms with Crippen LogP contribution in [0.3, 0.4) is 0 Å². The molecule has 27 heavy (non-hydrogen) atoms. The van der Waals surface area contributed by atoms with Crippen molar-refractivity contribution < 1.29 is 18.4 Å². The van der Waals surface area contributed by atoms with E-state index in [9.17, 15) is 9.59 Å². The van der Waals surface area contributed by atoms with Gasteiger partial charge in [0.05, 0.1) is 23.4 Å². The number of carbonyl (C=O) groups is 2. The van der Waals surface area contributed by atoms with Crippen molar-refractivity contribution in [1.82, 2.24) is 15.2 Å². The molecule has 1 fully saturated rings. The van der Waals surface area contributed by atoms with Gasteiger partial charge in [-0.3, -0.25) is 9.59 Å². The van der Waals surface area contributed by atoms with Gasteiger partial charge in [0.1, 0.15) is 5.76 Å². The minimum atomic E-state index is -0.129. The number of hydrogen-bond acceptors (Lipinski definition) is 6. The molecule has 1 aliphatic rings. The third kappa shape index (κ3) is 3.52. The number of likely N-dealkylation sites (tertiary alicyclic amines) is 1. The van der Waals surface area contributed by atoms with E-state index in [1.807, 2.05) is 23.1 Å². The van der Waals surface area contributed by atoms with Gasteiger partial charge in [0.2, 0.25) is 0 Å². The Bertz CT molecular complexity index is 944. The number of amides is 2. The molecule has 0 spiro atoms. The van der Waals surface area contributed by atoms with Crippen LogP contribution in [-0.4, -0.2) is 28.2 Å². The van der Waals surface area contributed by atoms with Crippen molar-refractivity contribution >= 4 is 23.2 Å². The topological polar surface area (TPSA) is 88.6 Å². The van der Waals surface area contributed by atoms with Crippen molar-refractivity contribution in [2.45, 2.75) is 32.4 Å². The molecule has 7 nitrogen and oxygen atoms in total. The highest BCUT2D eigenvalue weighted by molar-refractivity contribution is 7.14. The van der Waals surface area contributed by atoms with Gasteiger partial charge in [-0.1, -0.05) is 0 Å². The molecule has 1 atom stereocenters. The summed E-state index contributed by atoms with van der Waals surface area (Å²) in [5, 5.41) is 2.88. The first-order valence-corrected chi connectivity index (χ1v) is 9.55. The second-order valence-corrected chi connectivity index (χ2v) is 7.55. The summed E-state index contributed by atoms with van der Waals surface area (Å²) in [5.74, 6) is 0.273. The monoisotopic (exact) mass is 385 g/mol. The number of thiophene rings is 1. The first-order valence-electron chi connectivity index (χ1n) is 8.73. The Kier molecular flexibility index (Phi) is 4.81. The first-order chi connectivity index (χ1) is 13.1. The minimum Gasteiger partial charge on any atom is -0.472 e. The van der Waals surface area contributed by atoms with Crippen LogP contribution in [0.4, 0.5) is 0 Å². The van der Waals surface area contributed by atoms with Gasteiger partial charge < -0.3 is 19.1 Å². The number of aryl methyl sites for hydroxylation is 1. The quantitative estimate of drug-likeness (QED) is 0.726. The lowest BCUT2D eigenvalue weighted by molar-refractivity contribution is 0.0730. The lowest BCUT2D eigenvalue weighted by atomic mass is 10.1. The van der Waals surface area contributed by atoms with Gasteiger partial charge in [0, 0.05) is 23.5 Å². The summed E-state index contributed by atoms with van der Waals surface area (Å²) in [6, 6.07) is 5.53. The molecule has 0 radical (unpaired) electrons. The van der Waals surface area contributed by atoms with E-state index in [0.717, 1.165) is 23.3 Å². The third-order valence-electron chi connectivity index (χ3n) is 4.67. The van der Waals surface area contributed by atoms with Crippen molar-refractivity contribution in [3.05, 3.63) is 63.9 Å². The van der Waals surface area contributed by atoms with Gasteiger partial charge in [-0.2, -0.15) is 0 Å². The van der Waals surface area contributed by atoms with Crippen LogP contribution in [0.1, 0.15) is 55.2 Å². The molecule has 0 bridgehead atoms. The van der Waals surface area contributed by atoms with Gasteiger partial charge in [-0.15, -0.1) is 11.3 Å². The summed E-state index contributed by atoms with van der Waals surface area (Å²) in [5.41, 5.74) is 1.27. The maximum Gasteiger partial charge on any atom is 0.276 e. The molecule has 8 heteroatoms. The highest BCUT2D eigenvalue weighted by atomic mass is 32.1. The normalized spacial score (nSPS) is 16.6. The first kappa shape index (κ1) is 17.5. The number of rotatable bonds is 5. The Balaban J connectivity index is 1.46. The molecule has 4 heterocycles. The van der Waals surface area contributed by atoms with Crippen LogP contribution in [0.2, 0.25) is 0 Å². The van der Waals surface area contributed by atoms with E-state index in [-0.39, 0.29) is 17.9 Å². The zero-order valence-corrected chi connectivity index (χ0v) is 15.6. The molecule has 0 aliphatic carbocycles. The summed E-state index contributed by atoms with van der Waals surface area (Å²) >= 11 is 1.42. The zero-order valence-electron chi connectivity index (χ0n) is 14.8. The molecule has 3 aromatic rings. The van der Waals surface area contributed by atoms with Crippen molar-refractivity contribution in [1.29, 1.82) is 0 Å². The fourth-order valence-corrected chi connectivity index (χ4v) is 4.34. The average Bonchev–Trinajstić information content (AvgIpc) is 3.46. The molecule has 1 aliphatic heterocycles. The number of hydrogen-bond donors (Lipinski definition) is 1. The molecule has 1 saturated heterocycles. The maximum absolute atomic E-state index is 12.8. The predicted molar refractivity (Wildman–Crippen MR) is 98.4 cm³/mol. The molecule has 140 valence electrons. The number of furan rings is 1. The maximum atomic E-state index is 12.8. The second-order valence-electron chi connectivity index (χ2n) is 6.43. The summed E-state index contributed by atoms with van der Waals surface area (Å²) in [4.78, 5) is 32.7. The summed E-state index contributed by atoms with van der Waals surface area (Å²) in [7, 11) is 0. The molecule has 2 amide bonds. The van der Waals surface area contributed by atoms with Crippen LogP contribution in [0, 0.1) is 6.92 Å². The highest BCUT2D eigenvalue weighted by Gasteiger charge is 2.33. The van der Waals surface area contributed by atoms with E-state index >= 15 is 0 Å². The van der Waals surface area contributed by atoms with E-state index < -0.39 is 0 Å². The molecule has 0 saturated carbocycles. The standard InChI is InChI=1S/C19H19N3O4S/c1-12-17(21-11-26-12)19(24)22-7-2-3-14(22)15-4-5-16(27-15)18(23)20-9-13-6-8-25-10-13/h4-6,8,10-11,14H,2-3,7,9H2,1H3,(H,20,23)/t14-/m0/s1. The van der Waals surface area contributed by atoms with Crippen molar-refractivity contribution in [3.8, 4) is 0 Å². The Hall–Kier alpha value is -2.87. The Morgan fingerprint density at radius 2 is 2.26 bits per heavy atom. The van der Waals surface area contributed by atoms with Crippen LogP contribution >= 0.6 is 11.3 Å². The van der Waals surface area contributed by atoms with Crippen LogP contribution in [-0.2, 0) is 6.54 Å². The van der Waals surface area contributed by atoms with Crippen LogP contribution in [0.5, 0.6) is 0 Å². The summed E-state index contributed by atoms with van der Waals surface area (Å²) in [6.45, 7) is 2.83. The molecular formula is C19H19N3O4S. The molecule has 4 rings (SSSR count). The average molecular weight is 385 g/mol. The number of nitrogens with zero attached hydrogens (tertiary/aromatic N) is 2. The fraction of sp³-hybridized carbons (Fsp3) is 0.316. The number of aromatic nitrogens is 1. The Morgan fingerprint density at radius 1 is 1.37 bits per heavy atom. The molecule has 0 aromatic carbocycles. The van der Waals surface area contributed by atoms with Crippen molar-refractivity contribution in [2.75, 3.05) is 6.54 Å². The van der Waals surface area contributed by atoms with Gasteiger partial charge in [0.25, 0.3) is 11.8 Å². The third-order valence-corrected chi connectivity index (χ3v) is 5.86. The van der Waals surface area contributed by atoms with E-state index in [4.69, 9.17) is 8.83 Å². The number of carbonyl (C=O) groups excluding carboxylic acids is 2. The Labute approximate surface area is 160 Å². The second kappa shape index (κ2) is 7.40. The fourth-order valence-electron chi connectivity index (χ4n) is 3.27. The molecule has 3 aromatic heterocycles. The summed E-state index contributed by atoms with van der Waals surface area (Å²) < 4.78 is 10.2. The SMILES string of the molecule is Cc1ocnc1C(=O)N1CCC[C@H]1c1ccc(C(=O)NCc2ccoc2)s1. The van der Waals surface area contributed by atoms with Crippen molar-refractivity contribution in [2.24, 2.45) is 0 Å². The lowest BCUT2D eigenvalue weighted by Gasteiger charge is -2.23. The highest BCUT2D eigenvalue weighted by Crippen LogP contribution is 2.37. The summed E-state index contributed by atoms with van der Waals surface area (Å²) in [6.07, 6.45) is 6.27. The molecule has 0 unspecified atom stereocenters.